The first kappa shape index (κ1) is 22.9. The molecule has 0 aromatic carbocycles. The maximum Gasteiger partial charge on any atom is 0.158 e. The van der Waals surface area contributed by atoms with Crippen LogP contribution in [0.15, 0.2) is 0 Å². The maximum absolute atomic E-state index is 6.04. The van der Waals surface area contributed by atoms with Gasteiger partial charge in [0, 0.05) is 6.42 Å². The van der Waals surface area contributed by atoms with Crippen LogP contribution in [0.4, 0.5) is 0 Å². The molecule has 0 bridgehead atoms. The first-order chi connectivity index (χ1) is 12.0. The molecule has 0 saturated carbocycles. The first-order valence-corrected chi connectivity index (χ1v) is 11.1. The second kappa shape index (κ2) is 14.0. The van der Waals surface area contributed by atoms with Crippen LogP contribution in [0.2, 0.25) is 0 Å². The molecule has 0 aromatic heterocycles. The Morgan fingerprint density at radius 2 is 1.36 bits per heavy atom. The zero-order chi connectivity index (χ0) is 18.4. The van der Waals surface area contributed by atoms with Gasteiger partial charge in [0.1, 0.15) is 6.54 Å². The lowest BCUT2D eigenvalue weighted by Gasteiger charge is -2.24. The number of hydrogen-bond acceptors (Lipinski definition) is 2. The Balaban J connectivity index is 1.85. The van der Waals surface area contributed by atoms with Gasteiger partial charge in [-0.2, -0.15) is 0 Å². The van der Waals surface area contributed by atoms with E-state index in [1.54, 1.807) is 0 Å². The van der Waals surface area contributed by atoms with E-state index in [2.05, 4.69) is 28.1 Å². The number of hydrogen-bond donors (Lipinski definition) is 0. The number of unbranched alkanes of at least 4 members (excludes halogenated alkanes) is 10. The zero-order valence-corrected chi connectivity index (χ0v) is 17.7. The third-order valence-corrected chi connectivity index (χ3v) is 5.26. The van der Waals surface area contributed by atoms with Gasteiger partial charge < -0.3 is 14.0 Å². The molecule has 25 heavy (non-hydrogen) atoms. The van der Waals surface area contributed by atoms with Crippen LogP contribution in [-0.4, -0.2) is 51.2 Å². The van der Waals surface area contributed by atoms with Gasteiger partial charge in [0.25, 0.3) is 0 Å². The monoisotopic (exact) mass is 356 g/mol. The minimum absolute atomic E-state index is 0.0595. The molecule has 1 rings (SSSR count). The Kier molecular flexibility index (Phi) is 12.8. The van der Waals surface area contributed by atoms with Crippen LogP contribution < -0.4 is 0 Å². The van der Waals surface area contributed by atoms with Gasteiger partial charge in [-0.15, -0.1) is 0 Å². The lowest BCUT2D eigenvalue weighted by molar-refractivity contribution is -0.871. The molecule has 1 aliphatic rings. The van der Waals surface area contributed by atoms with Crippen molar-refractivity contribution < 1.29 is 14.0 Å². The predicted molar refractivity (Wildman–Crippen MR) is 108 cm³/mol. The fourth-order valence-corrected chi connectivity index (χ4v) is 3.50. The number of ether oxygens (including phenoxy) is 2. The summed E-state index contributed by atoms with van der Waals surface area (Å²) in [6, 6.07) is 0. The van der Waals surface area contributed by atoms with Crippen molar-refractivity contribution in [2.75, 3.05) is 34.3 Å². The Bertz CT molecular complexity index is 301. The molecule has 0 aliphatic carbocycles. The van der Waals surface area contributed by atoms with Gasteiger partial charge in [-0.1, -0.05) is 77.6 Å². The molecule has 0 spiro atoms. The Morgan fingerprint density at radius 3 is 1.92 bits per heavy atom. The number of likely N-dealkylation sites (N-methyl/N-ethyl adjacent to an activating group) is 1. The highest BCUT2D eigenvalue weighted by atomic mass is 16.7. The topological polar surface area (TPSA) is 18.5 Å². The highest BCUT2D eigenvalue weighted by Crippen LogP contribution is 2.25. The second-order valence-corrected chi connectivity index (χ2v) is 8.97. The van der Waals surface area contributed by atoms with Gasteiger partial charge in [-0.05, 0) is 12.8 Å². The summed E-state index contributed by atoms with van der Waals surface area (Å²) in [6.45, 7) is 4.14. The largest absolute Gasteiger partial charge is 0.349 e. The molecule has 3 nitrogen and oxygen atoms in total. The van der Waals surface area contributed by atoms with Crippen molar-refractivity contribution in [1.82, 2.24) is 0 Å². The molecule has 2 atom stereocenters. The Hall–Kier alpha value is -0.120. The Labute approximate surface area is 158 Å². The van der Waals surface area contributed by atoms with Gasteiger partial charge in [0.15, 0.2) is 6.29 Å². The molecule has 1 fully saturated rings. The van der Waals surface area contributed by atoms with Crippen LogP contribution in [0, 0.1) is 0 Å². The lowest BCUT2D eigenvalue weighted by Crippen LogP contribution is -2.38. The normalized spacial score (nSPS) is 21.1. The van der Waals surface area contributed by atoms with Gasteiger partial charge in [0.05, 0.1) is 33.9 Å². The van der Waals surface area contributed by atoms with Crippen LogP contribution in [0.1, 0.15) is 96.8 Å². The third-order valence-electron chi connectivity index (χ3n) is 5.26. The van der Waals surface area contributed by atoms with Crippen molar-refractivity contribution in [2.24, 2.45) is 0 Å². The predicted octanol–water partition coefficient (Wildman–Crippen LogP) is 5.92. The van der Waals surface area contributed by atoms with Gasteiger partial charge in [-0.25, -0.2) is 0 Å². The summed E-state index contributed by atoms with van der Waals surface area (Å²) in [6.07, 6.45) is 19.6. The summed E-state index contributed by atoms with van der Waals surface area (Å²) in [4.78, 5) is 0. The van der Waals surface area contributed by atoms with Crippen LogP contribution in [0.3, 0.4) is 0 Å². The van der Waals surface area contributed by atoms with E-state index in [9.17, 15) is 0 Å². The van der Waals surface area contributed by atoms with E-state index in [-0.39, 0.29) is 6.29 Å². The molecule has 1 aliphatic heterocycles. The summed E-state index contributed by atoms with van der Waals surface area (Å²) >= 11 is 0. The molecule has 0 unspecified atom stereocenters. The highest BCUT2D eigenvalue weighted by Gasteiger charge is 2.25. The second-order valence-electron chi connectivity index (χ2n) is 8.97. The minimum atomic E-state index is 0.0595. The summed E-state index contributed by atoms with van der Waals surface area (Å²) in [7, 11) is 6.61. The molecular weight excluding hydrogens is 310 g/mol. The molecule has 0 aromatic rings. The maximum atomic E-state index is 6.04. The summed E-state index contributed by atoms with van der Waals surface area (Å²) in [5.74, 6) is 0. The zero-order valence-electron chi connectivity index (χ0n) is 17.7. The molecular formula is C22H46NO2+. The first-order valence-electron chi connectivity index (χ1n) is 11.1. The lowest BCUT2D eigenvalue weighted by atomic mass is 10.0. The quantitative estimate of drug-likeness (QED) is 0.253. The SMILES string of the molecule is CCCCCCCCCCCCC[C@H]1CC[C@H](OCC[N+](C)(C)C)O1. The van der Waals surface area contributed by atoms with Crippen LogP contribution in [0.5, 0.6) is 0 Å². The fourth-order valence-electron chi connectivity index (χ4n) is 3.50. The van der Waals surface area contributed by atoms with Crippen molar-refractivity contribution in [3.05, 3.63) is 0 Å². The van der Waals surface area contributed by atoms with Crippen LogP contribution in [0.25, 0.3) is 0 Å². The highest BCUT2D eigenvalue weighted by molar-refractivity contribution is 4.68. The molecule has 1 saturated heterocycles. The van der Waals surface area contributed by atoms with E-state index in [1.165, 1.54) is 83.5 Å². The van der Waals surface area contributed by atoms with E-state index in [0.29, 0.717) is 6.10 Å². The fraction of sp³-hybridized carbons (Fsp3) is 1.00. The van der Waals surface area contributed by atoms with E-state index in [0.717, 1.165) is 24.1 Å². The van der Waals surface area contributed by atoms with Crippen molar-refractivity contribution in [2.45, 2.75) is 109 Å². The molecule has 3 heteroatoms. The van der Waals surface area contributed by atoms with E-state index in [4.69, 9.17) is 9.47 Å². The van der Waals surface area contributed by atoms with Crippen molar-refractivity contribution in [3.63, 3.8) is 0 Å². The van der Waals surface area contributed by atoms with E-state index < -0.39 is 0 Å². The minimum Gasteiger partial charge on any atom is -0.349 e. The van der Waals surface area contributed by atoms with Crippen molar-refractivity contribution in [3.8, 4) is 0 Å². The molecule has 0 amide bonds. The van der Waals surface area contributed by atoms with Crippen molar-refractivity contribution >= 4 is 0 Å². The van der Waals surface area contributed by atoms with Crippen LogP contribution >= 0.6 is 0 Å². The summed E-state index contributed by atoms with van der Waals surface area (Å²) < 4.78 is 12.9. The van der Waals surface area contributed by atoms with E-state index >= 15 is 0 Å². The number of rotatable bonds is 16. The van der Waals surface area contributed by atoms with Gasteiger partial charge in [-0.3, -0.25) is 0 Å². The van der Waals surface area contributed by atoms with Crippen molar-refractivity contribution in [1.29, 1.82) is 0 Å². The standard InChI is InChI=1S/C22H46NO2/c1-5-6-7-8-9-10-11-12-13-14-15-16-21-17-18-22(25-21)24-20-19-23(2,3)4/h21-22H,5-20H2,1-4H3/q+1/t21-,22+/m0/s1. The number of nitrogens with zero attached hydrogens (tertiary/aromatic N) is 1. The molecule has 1 heterocycles. The molecule has 150 valence electrons. The van der Waals surface area contributed by atoms with Gasteiger partial charge >= 0.3 is 0 Å². The smallest absolute Gasteiger partial charge is 0.158 e. The average molecular weight is 357 g/mol. The number of quaternary nitrogens is 1. The third kappa shape index (κ3) is 13.7. The average Bonchev–Trinajstić information content (AvgIpc) is 2.99. The summed E-state index contributed by atoms with van der Waals surface area (Å²) in [5.41, 5.74) is 0. The summed E-state index contributed by atoms with van der Waals surface area (Å²) in [5, 5.41) is 0. The molecule has 0 radical (unpaired) electrons. The Morgan fingerprint density at radius 1 is 0.800 bits per heavy atom. The molecule has 0 N–H and O–H groups in total. The van der Waals surface area contributed by atoms with E-state index in [1.807, 2.05) is 0 Å². The van der Waals surface area contributed by atoms with Gasteiger partial charge in [0.2, 0.25) is 0 Å². The van der Waals surface area contributed by atoms with Crippen LogP contribution in [-0.2, 0) is 9.47 Å².